The molecule has 4 aromatic rings. The first kappa shape index (κ1) is 23.0. The number of thiophene rings is 1. The molecule has 2 N–H and O–H groups in total. The van der Waals surface area contributed by atoms with Crippen LogP contribution in [0, 0.1) is 0 Å². The number of hydrogen-bond donors (Lipinski definition) is 2. The zero-order chi connectivity index (χ0) is 24.2. The van der Waals surface area contributed by atoms with Gasteiger partial charge >= 0.3 is 0 Å². The first-order valence-electron chi connectivity index (χ1n) is 11.3. The Hall–Kier alpha value is -3.79. The van der Waals surface area contributed by atoms with E-state index in [9.17, 15) is 9.59 Å². The van der Waals surface area contributed by atoms with Crippen LogP contribution in [0.2, 0.25) is 0 Å². The highest BCUT2D eigenvalue weighted by Crippen LogP contribution is 2.28. The number of nitrogens with zero attached hydrogens (tertiary/aromatic N) is 3. The molecule has 0 saturated carbocycles. The Kier molecular flexibility index (Phi) is 6.71. The summed E-state index contributed by atoms with van der Waals surface area (Å²) in [5.74, 6) is -0.105. The summed E-state index contributed by atoms with van der Waals surface area (Å²) in [4.78, 5) is 32.4. The topological polar surface area (TPSA) is 88.5 Å². The van der Waals surface area contributed by atoms with E-state index in [0.29, 0.717) is 16.5 Å². The van der Waals surface area contributed by atoms with E-state index in [1.54, 1.807) is 12.1 Å². The quantitative estimate of drug-likeness (QED) is 0.380. The van der Waals surface area contributed by atoms with Crippen LogP contribution in [-0.4, -0.2) is 52.6 Å². The molecule has 0 spiro atoms. The second-order valence-electron chi connectivity index (χ2n) is 8.16. The van der Waals surface area contributed by atoms with Crippen molar-refractivity contribution in [3.63, 3.8) is 0 Å². The molecule has 178 valence electrons. The third-order valence-electron chi connectivity index (χ3n) is 5.76. The molecule has 2 amide bonds. The maximum atomic E-state index is 12.9. The number of nitrogens with one attached hydrogen (secondary N) is 2. The second kappa shape index (κ2) is 10.2. The van der Waals surface area contributed by atoms with E-state index in [2.05, 4.69) is 34.2 Å². The minimum Gasteiger partial charge on any atom is -0.379 e. The standard InChI is InChI=1S/C26H25N5O3S/c1-2-24(32)27-19-5-3-6-20(16-19)31-22-9-8-18(17-30-10-12-34-13-11-30)15-21(22)28-26(31)29-25(33)23-7-4-14-35-23/h2-9,14-16H,1,10-13,17H2,(H,27,32)(H,28,29,33). The minimum atomic E-state index is -0.295. The molecule has 0 aliphatic carbocycles. The average Bonchev–Trinajstić information content (AvgIpc) is 3.53. The summed E-state index contributed by atoms with van der Waals surface area (Å²) in [7, 11) is 0. The van der Waals surface area contributed by atoms with Gasteiger partial charge in [0.05, 0.1) is 34.8 Å². The SMILES string of the molecule is C=CC(=O)Nc1cccc(-n2c(NC(=O)c3cccs3)nc3cc(CN4CCOCC4)ccc32)c1. The summed E-state index contributed by atoms with van der Waals surface area (Å²) in [5, 5.41) is 7.62. The van der Waals surface area contributed by atoms with Crippen LogP contribution in [0.5, 0.6) is 0 Å². The van der Waals surface area contributed by atoms with Gasteiger partial charge in [-0.1, -0.05) is 24.8 Å². The van der Waals surface area contributed by atoms with Gasteiger partial charge in [0.2, 0.25) is 11.9 Å². The maximum absolute atomic E-state index is 12.9. The van der Waals surface area contributed by atoms with Gasteiger partial charge in [0, 0.05) is 25.3 Å². The van der Waals surface area contributed by atoms with Crippen molar-refractivity contribution in [2.45, 2.75) is 6.54 Å². The van der Waals surface area contributed by atoms with Crippen molar-refractivity contribution in [2.24, 2.45) is 0 Å². The number of ether oxygens (including phenoxy) is 1. The normalized spacial score (nSPS) is 14.1. The molecular weight excluding hydrogens is 462 g/mol. The Labute approximate surface area is 206 Å². The van der Waals surface area contributed by atoms with E-state index in [0.717, 1.165) is 55.1 Å². The Morgan fingerprint density at radius 3 is 2.71 bits per heavy atom. The Balaban J connectivity index is 1.54. The van der Waals surface area contributed by atoms with Crippen LogP contribution < -0.4 is 10.6 Å². The van der Waals surface area contributed by atoms with E-state index >= 15 is 0 Å². The number of morpholine rings is 1. The Bertz CT molecular complexity index is 1370. The first-order chi connectivity index (χ1) is 17.1. The number of fused-ring (bicyclic) bond motifs is 1. The summed E-state index contributed by atoms with van der Waals surface area (Å²) in [6.07, 6.45) is 1.22. The van der Waals surface area contributed by atoms with Crippen molar-refractivity contribution < 1.29 is 14.3 Å². The van der Waals surface area contributed by atoms with Crippen LogP contribution in [0.4, 0.5) is 11.6 Å². The summed E-state index contributed by atoms with van der Waals surface area (Å²) in [6.45, 7) is 7.61. The van der Waals surface area contributed by atoms with Gasteiger partial charge in [-0.05, 0) is 53.4 Å². The molecule has 0 radical (unpaired) electrons. The van der Waals surface area contributed by atoms with Crippen LogP contribution in [0.3, 0.4) is 0 Å². The Morgan fingerprint density at radius 1 is 1.09 bits per heavy atom. The molecular formula is C26H25N5O3S. The van der Waals surface area contributed by atoms with Crippen molar-refractivity contribution in [1.29, 1.82) is 0 Å². The van der Waals surface area contributed by atoms with Crippen molar-refractivity contribution in [3.05, 3.63) is 83.1 Å². The van der Waals surface area contributed by atoms with Crippen LogP contribution in [0.1, 0.15) is 15.2 Å². The van der Waals surface area contributed by atoms with E-state index < -0.39 is 0 Å². The van der Waals surface area contributed by atoms with Gasteiger partial charge in [0.1, 0.15) is 0 Å². The smallest absolute Gasteiger partial charge is 0.268 e. The minimum absolute atomic E-state index is 0.221. The molecule has 5 rings (SSSR count). The van der Waals surface area contributed by atoms with E-state index in [-0.39, 0.29) is 11.8 Å². The lowest BCUT2D eigenvalue weighted by Gasteiger charge is -2.26. The monoisotopic (exact) mass is 487 g/mol. The van der Waals surface area contributed by atoms with Gasteiger partial charge in [-0.2, -0.15) is 0 Å². The van der Waals surface area contributed by atoms with Crippen LogP contribution >= 0.6 is 11.3 Å². The highest BCUT2D eigenvalue weighted by molar-refractivity contribution is 7.12. The highest BCUT2D eigenvalue weighted by Gasteiger charge is 2.18. The van der Waals surface area contributed by atoms with E-state index in [1.807, 2.05) is 40.3 Å². The van der Waals surface area contributed by atoms with Crippen LogP contribution in [0.15, 0.2) is 72.6 Å². The summed E-state index contributed by atoms with van der Waals surface area (Å²) in [5.41, 5.74) is 4.15. The number of anilines is 2. The lowest BCUT2D eigenvalue weighted by molar-refractivity contribution is -0.111. The Morgan fingerprint density at radius 2 is 1.94 bits per heavy atom. The molecule has 1 fully saturated rings. The van der Waals surface area contributed by atoms with Gasteiger partial charge < -0.3 is 10.1 Å². The molecule has 2 aromatic carbocycles. The van der Waals surface area contributed by atoms with Crippen molar-refractivity contribution >= 4 is 45.8 Å². The van der Waals surface area contributed by atoms with Gasteiger partial charge in [-0.3, -0.25) is 24.4 Å². The fraction of sp³-hybridized carbons (Fsp3) is 0.192. The van der Waals surface area contributed by atoms with E-state index in [1.165, 1.54) is 17.4 Å². The number of amides is 2. The molecule has 1 saturated heterocycles. The molecule has 0 bridgehead atoms. The fourth-order valence-electron chi connectivity index (χ4n) is 4.07. The largest absolute Gasteiger partial charge is 0.379 e. The summed E-state index contributed by atoms with van der Waals surface area (Å²) in [6, 6.07) is 17.2. The van der Waals surface area contributed by atoms with Crippen LogP contribution in [0.25, 0.3) is 16.7 Å². The molecule has 1 aliphatic heterocycles. The third-order valence-corrected chi connectivity index (χ3v) is 6.62. The number of aromatic nitrogens is 2. The van der Waals surface area contributed by atoms with Crippen molar-refractivity contribution in [2.75, 3.05) is 36.9 Å². The van der Waals surface area contributed by atoms with Gasteiger partial charge in [-0.15, -0.1) is 11.3 Å². The lowest BCUT2D eigenvalue weighted by Crippen LogP contribution is -2.35. The average molecular weight is 488 g/mol. The van der Waals surface area contributed by atoms with Crippen molar-refractivity contribution in [3.8, 4) is 5.69 Å². The molecule has 2 aromatic heterocycles. The van der Waals surface area contributed by atoms with Gasteiger partial charge in [0.25, 0.3) is 5.91 Å². The fourth-order valence-corrected chi connectivity index (χ4v) is 4.69. The molecule has 3 heterocycles. The molecule has 35 heavy (non-hydrogen) atoms. The van der Waals surface area contributed by atoms with Crippen molar-refractivity contribution in [1.82, 2.24) is 14.5 Å². The third kappa shape index (κ3) is 5.17. The zero-order valence-corrected chi connectivity index (χ0v) is 19.9. The van der Waals surface area contributed by atoms with Crippen LogP contribution in [-0.2, 0) is 16.1 Å². The number of imidazole rings is 1. The summed E-state index contributed by atoms with van der Waals surface area (Å²) < 4.78 is 7.35. The number of carbonyl (C=O) groups excluding carboxylic acids is 2. The van der Waals surface area contributed by atoms with E-state index in [4.69, 9.17) is 9.72 Å². The molecule has 1 aliphatic rings. The van der Waals surface area contributed by atoms with Gasteiger partial charge in [0.15, 0.2) is 0 Å². The van der Waals surface area contributed by atoms with Gasteiger partial charge in [-0.25, -0.2) is 4.98 Å². The predicted octanol–water partition coefficient (Wildman–Crippen LogP) is 4.30. The second-order valence-corrected chi connectivity index (χ2v) is 9.11. The summed E-state index contributed by atoms with van der Waals surface area (Å²) >= 11 is 1.37. The predicted molar refractivity (Wildman–Crippen MR) is 138 cm³/mol. The maximum Gasteiger partial charge on any atom is 0.268 e. The number of carbonyl (C=O) groups is 2. The molecule has 8 nitrogen and oxygen atoms in total. The zero-order valence-electron chi connectivity index (χ0n) is 19.1. The first-order valence-corrected chi connectivity index (χ1v) is 12.2. The molecule has 9 heteroatoms. The highest BCUT2D eigenvalue weighted by atomic mass is 32.1. The molecule has 0 atom stereocenters. The number of benzene rings is 2. The molecule has 0 unspecified atom stereocenters. The lowest BCUT2D eigenvalue weighted by atomic mass is 10.1. The number of hydrogen-bond acceptors (Lipinski definition) is 6. The number of rotatable bonds is 7.